The third kappa shape index (κ3) is 5.19. The van der Waals surface area contributed by atoms with E-state index in [1.807, 2.05) is 45.0 Å². The summed E-state index contributed by atoms with van der Waals surface area (Å²) in [5.74, 6) is 0.650. The van der Waals surface area contributed by atoms with Crippen LogP contribution < -0.4 is 9.47 Å². The molecule has 0 bridgehead atoms. The van der Waals surface area contributed by atoms with E-state index in [9.17, 15) is 9.90 Å². The number of aromatic nitrogens is 3. The second kappa shape index (κ2) is 9.30. The Morgan fingerprint density at radius 2 is 1.84 bits per heavy atom. The molecule has 0 saturated heterocycles. The van der Waals surface area contributed by atoms with Crippen LogP contribution in [0, 0.1) is 0 Å². The minimum absolute atomic E-state index is 0.0681. The number of aromatic hydroxyl groups is 1. The number of esters is 1. The zero-order chi connectivity index (χ0) is 23.5. The summed E-state index contributed by atoms with van der Waals surface area (Å²) in [6.07, 6.45) is 0.469. The van der Waals surface area contributed by atoms with Crippen LogP contribution in [0.15, 0.2) is 42.5 Å². The average molecular weight is 440 g/mol. The molecule has 8 nitrogen and oxygen atoms in total. The van der Waals surface area contributed by atoms with E-state index < -0.39 is 5.97 Å². The number of hydrogen-bond acceptors (Lipinski definition) is 7. The minimum Gasteiger partial charge on any atom is -0.504 e. The highest BCUT2D eigenvalue weighted by Crippen LogP contribution is 2.39. The molecule has 0 fully saturated rings. The van der Waals surface area contributed by atoms with Gasteiger partial charge in [-0.25, -0.2) is 4.79 Å². The van der Waals surface area contributed by atoms with Crippen molar-refractivity contribution in [1.82, 2.24) is 15.0 Å². The molecule has 32 heavy (non-hydrogen) atoms. The predicted octanol–water partition coefficient (Wildman–Crippen LogP) is 4.32. The summed E-state index contributed by atoms with van der Waals surface area (Å²) in [5, 5.41) is 19.9. The maximum absolute atomic E-state index is 11.5. The summed E-state index contributed by atoms with van der Waals surface area (Å²) in [7, 11) is 1.60. The lowest BCUT2D eigenvalue weighted by Crippen LogP contribution is -2.14. The second-order valence-electron chi connectivity index (χ2n) is 8.55. The number of rotatable bonds is 8. The monoisotopic (exact) mass is 439 g/mol. The molecule has 0 aliphatic heterocycles. The lowest BCUT2D eigenvalue weighted by molar-refractivity contribution is -0.139. The summed E-state index contributed by atoms with van der Waals surface area (Å²) in [5.41, 5.74) is 2.78. The van der Waals surface area contributed by atoms with Gasteiger partial charge < -0.3 is 19.3 Å². The Morgan fingerprint density at radius 3 is 2.50 bits per heavy atom. The number of phenols is 1. The van der Waals surface area contributed by atoms with Gasteiger partial charge in [0.05, 0.1) is 26.0 Å². The molecule has 3 aromatic rings. The lowest BCUT2D eigenvalue weighted by atomic mass is 9.86. The summed E-state index contributed by atoms with van der Waals surface area (Å²) in [6, 6.07) is 9.03. The Hall–Kier alpha value is -3.55. The van der Waals surface area contributed by atoms with E-state index in [1.54, 1.807) is 20.1 Å². The molecule has 0 aliphatic rings. The Morgan fingerprint density at radius 1 is 1.12 bits per heavy atom. The summed E-state index contributed by atoms with van der Waals surface area (Å²) in [6.45, 7) is 11.6. The van der Waals surface area contributed by atoms with Gasteiger partial charge in [0.1, 0.15) is 16.8 Å². The van der Waals surface area contributed by atoms with Crippen LogP contribution in [-0.4, -0.2) is 46.4 Å². The van der Waals surface area contributed by atoms with Crippen molar-refractivity contribution in [2.45, 2.75) is 39.5 Å². The van der Waals surface area contributed by atoms with Crippen LogP contribution in [0.2, 0.25) is 0 Å². The zero-order valence-electron chi connectivity index (χ0n) is 19.1. The molecule has 2 aromatic carbocycles. The molecule has 3 rings (SSSR count). The minimum atomic E-state index is -0.432. The van der Waals surface area contributed by atoms with Crippen molar-refractivity contribution in [3.8, 4) is 22.9 Å². The summed E-state index contributed by atoms with van der Waals surface area (Å²) < 4.78 is 16.2. The van der Waals surface area contributed by atoms with Gasteiger partial charge in [-0.2, -0.15) is 4.80 Å². The molecule has 0 spiro atoms. The molecule has 0 saturated carbocycles. The Labute approximate surface area is 187 Å². The molecule has 1 aromatic heterocycles. The Balaban J connectivity index is 1.87. The zero-order valence-corrected chi connectivity index (χ0v) is 19.1. The molecule has 0 unspecified atom stereocenters. The Bertz CT molecular complexity index is 1140. The highest BCUT2D eigenvalue weighted by Gasteiger charge is 2.23. The molecular formula is C24H29N3O5. The third-order valence-corrected chi connectivity index (χ3v) is 4.81. The fraction of sp³-hybridized carbons (Fsp3) is 0.375. The molecule has 0 radical (unpaired) electrons. The number of phenolic OH excluding ortho intramolecular Hbond substituents is 1. The summed E-state index contributed by atoms with van der Waals surface area (Å²) in [4.78, 5) is 13.0. The van der Waals surface area contributed by atoms with Crippen LogP contribution in [0.3, 0.4) is 0 Å². The molecule has 170 valence electrons. The maximum Gasteiger partial charge on any atom is 0.333 e. The van der Waals surface area contributed by atoms with E-state index in [0.717, 1.165) is 5.52 Å². The fourth-order valence-electron chi connectivity index (χ4n) is 3.06. The first-order valence-electron chi connectivity index (χ1n) is 10.3. The van der Waals surface area contributed by atoms with Crippen LogP contribution in [-0.2, 0) is 14.9 Å². The van der Waals surface area contributed by atoms with E-state index in [1.165, 1.54) is 4.80 Å². The number of ether oxygens (including phenoxy) is 3. The van der Waals surface area contributed by atoms with Gasteiger partial charge in [-0.1, -0.05) is 27.4 Å². The molecule has 1 heterocycles. The first-order valence-corrected chi connectivity index (χ1v) is 10.3. The van der Waals surface area contributed by atoms with Crippen molar-refractivity contribution in [1.29, 1.82) is 0 Å². The van der Waals surface area contributed by atoms with E-state index in [0.29, 0.717) is 40.3 Å². The normalized spacial score (nSPS) is 11.4. The van der Waals surface area contributed by atoms with Crippen LogP contribution in [0.25, 0.3) is 16.7 Å². The van der Waals surface area contributed by atoms with Crippen molar-refractivity contribution in [3.05, 3.63) is 48.0 Å². The lowest BCUT2D eigenvalue weighted by Gasteiger charge is -2.23. The number of benzene rings is 2. The molecule has 0 aliphatic carbocycles. The molecule has 1 N–H and O–H groups in total. The SMILES string of the molecule is C=C(C)C(=O)OCCCOc1cc(-n2nc3ccc(OC)cc3n2)cc(C(C)(C)C)c1O. The van der Waals surface area contributed by atoms with Crippen LogP contribution in [0.1, 0.15) is 39.7 Å². The molecular weight excluding hydrogens is 410 g/mol. The molecule has 0 atom stereocenters. The number of methoxy groups -OCH3 is 1. The number of carbonyl (C=O) groups is 1. The van der Waals surface area contributed by atoms with Gasteiger partial charge in [-0.05, 0) is 30.5 Å². The van der Waals surface area contributed by atoms with Gasteiger partial charge in [0.15, 0.2) is 11.5 Å². The predicted molar refractivity (Wildman–Crippen MR) is 122 cm³/mol. The Kier molecular flexibility index (Phi) is 6.72. The standard InChI is InChI=1S/C24H29N3O5/c1-15(2)23(29)32-11-7-10-31-21-13-16(12-18(22(21)28)24(3,4)5)27-25-19-9-8-17(30-6)14-20(19)26-27/h8-9,12-14,28H,1,7,10-11H2,2-6H3. The van der Waals surface area contributed by atoms with Crippen molar-refractivity contribution in [2.75, 3.05) is 20.3 Å². The van der Waals surface area contributed by atoms with Gasteiger partial charge in [-0.15, -0.1) is 10.2 Å². The van der Waals surface area contributed by atoms with E-state index in [2.05, 4.69) is 16.8 Å². The second-order valence-corrected chi connectivity index (χ2v) is 8.55. The maximum atomic E-state index is 11.5. The van der Waals surface area contributed by atoms with Gasteiger partial charge in [0.25, 0.3) is 0 Å². The first-order chi connectivity index (χ1) is 15.1. The van der Waals surface area contributed by atoms with Crippen molar-refractivity contribution in [3.63, 3.8) is 0 Å². The fourth-order valence-corrected chi connectivity index (χ4v) is 3.06. The highest BCUT2D eigenvalue weighted by molar-refractivity contribution is 5.86. The third-order valence-electron chi connectivity index (χ3n) is 4.81. The van der Waals surface area contributed by atoms with Crippen LogP contribution in [0.5, 0.6) is 17.2 Å². The van der Waals surface area contributed by atoms with Crippen LogP contribution >= 0.6 is 0 Å². The number of carbonyl (C=O) groups excluding carboxylic acids is 1. The van der Waals surface area contributed by atoms with E-state index in [-0.39, 0.29) is 24.4 Å². The van der Waals surface area contributed by atoms with Crippen LogP contribution in [0.4, 0.5) is 0 Å². The molecule has 8 heteroatoms. The number of nitrogens with zero attached hydrogens (tertiary/aromatic N) is 3. The topological polar surface area (TPSA) is 95.7 Å². The smallest absolute Gasteiger partial charge is 0.333 e. The van der Waals surface area contributed by atoms with E-state index >= 15 is 0 Å². The quantitative estimate of drug-likeness (QED) is 0.317. The summed E-state index contributed by atoms with van der Waals surface area (Å²) >= 11 is 0. The van der Waals surface area contributed by atoms with Gasteiger partial charge >= 0.3 is 5.97 Å². The molecule has 0 amide bonds. The van der Waals surface area contributed by atoms with Gasteiger partial charge in [-0.3, -0.25) is 0 Å². The highest BCUT2D eigenvalue weighted by atomic mass is 16.5. The number of fused-ring (bicyclic) bond motifs is 1. The largest absolute Gasteiger partial charge is 0.504 e. The van der Waals surface area contributed by atoms with Crippen molar-refractivity contribution >= 4 is 17.0 Å². The number of hydrogen-bond donors (Lipinski definition) is 1. The van der Waals surface area contributed by atoms with E-state index in [4.69, 9.17) is 14.2 Å². The van der Waals surface area contributed by atoms with Crippen molar-refractivity contribution in [2.24, 2.45) is 0 Å². The van der Waals surface area contributed by atoms with Gasteiger partial charge in [0, 0.05) is 29.7 Å². The van der Waals surface area contributed by atoms with Crippen molar-refractivity contribution < 1.29 is 24.1 Å². The average Bonchev–Trinajstić information content (AvgIpc) is 3.16. The first kappa shape index (κ1) is 23.1. The van der Waals surface area contributed by atoms with Gasteiger partial charge in [0.2, 0.25) is 0 Å².